The molecule has 1 aromatic heterocycles. The van der Waals surface area contributed by atoms with Crippen molar-refractivity contribution < 1.29 is 4.79 Å². The highest BCUT2D eigenvalue weighted by molar-refractivity contribution is 5.96. The van der Waals surface area contributed by atoms with Crippen molar-refractivity contribution in [3.63, 3.8) is 0 Å². The summed E-state index contributed by atoms with van der Waals surface area (Å²) >= 11 is 0. The van der Waals surface area contributed by atoms with Crippen molar-refractivity contribution in [2.75, 3.05) is 19.6 Å². The molecular formula is C16H19N5O. The van der Waals surface area contributed by atoms with Gasteiger partial charge in [-0.3, -0.25) is 4.79 Å². The van der Waals surface area contributed by atoms with E-state index in [1.807, 2.05) is 30.0 Å². The largest absolute Gasteiger partial charge is 0.334 e. The molecule has 2 atom stereocenters. The lowest BCUT2D eigenvalue weighted by atomic mass is 10.0. The third kappa shape index (κ3) is 2.11. The molecule has 114 valence electrons. The zero-order valence-corrected chi connectivity index (χ0v) is 12.6. The van der Waals surface area contributed by atoms with Crippen molar-refractivity contribution in [1.29, 1.82) is 0 Å². The Morgan fingerprint density at radius 2 is 2.27 bits per heavy atom. The molecule has 0 radical (unpaired) electrons. The predicted octanol–water partition coefficient (Wildman–Crippen LogP) is 1.01. The molecule has 0 saturated carbocycles. The normalized spacial score (nSPS) is 23.8. The maximum Gasteiger partial charge on any atom is 0.254 e. The van der Waals surface area contributed by atoms with Crippen molar-refractivity contribution >= 4 is 5.91 Å². The quantitative estimate of drug-likeness (QED) is 0.898. The van der Waals surface area contributed by atoms with Crippen LogP contribution in [0.15, 0.2) is 30.9 Å². The number of likely N-dealkylation sites (tertiary alicyclic amines) is 1. The summed E-state index contributed by atoms with van der Waals surface area (Å²) in [7, 11) is 0. The molecule has 0 bridgehead atoms. The van der Waals surface area contributed by atoms with E-state index >= 15 is 0 Å². The molecule has 6 heteroatoms. The highest BCUT2D eigenvalue weighted by Crippen LogP contribution is 2.29. The first kappa shape index (κ1) is 13.5. The van der Waals surface area contributed by atoms with Gasteiger partial charge in [-0.05, 0) is 43.0 Å². The molecule has 22 heavy (non-hydrogen) atoms. The first-order valence-electron chi connectivity index (χ1n) is 7.71. The second kappa shape index (κ2) is 5.21. The molecule has 0 unspecified atom stereocenters. The van der Waals surface area contributed by atoms with Crippen LogP contribution in [-0.2, 0) is 0 Å². The third-order valence-electron chi connectivity index (χ3n) is 4.83. The lowest BCUT2D eigenvalue weighted by Gasteiger charge is -2.24. The molecule has 2 aliphatic rings. The molecule has 1 aromatic carbocycles. The van der Waals surface area contributed by atoms with E-state index in [2.05, 4.69) is 15.4 Å². The Morgan fingerprint density at radius 1 is 1.36 bits per heavy atom. The number of rotatable bonds is 2. The van der Waals surface area contributed by atoms with E-state index in [9.17, 15) is 4.79 Å². The molecule has 0 spiro atoms. The zero-order chi connectivity index (χ0) is 15.1. The molecule has 0 aliphatic carbocycles. The first-order valence-corrected chi connectivity index (χ1v) is 7.71. The maximum absolute atomic E-state index is 12.9. The molecular weight excluding hydrogens is 278 g/mol. The average Bonchev–Trinajstić information content (AvgIpc) is 3.23. The fourth-order valence-corrected chi connectivity index (χ4v) is 3.63. The number of benzene rings is 1. The van der Waals surface area contributed by atoms with E-state index < -0.39 is 0 Å². The summed E-state index contributed by atoms with van der Waals surface area (Å²) in [6.07, 6.45) is 4.27. The van der Waals surface area contributed by atoms with Crippen LogP contribution in [-0.4, -0.2) is 51.2 Å². The first-order chi connectivity index (χ1) is 10.7. The van der Waals surface area contributed by atoms with Gasteiger partial charge in [0.2, 0.25) is 0 Å². The number of nitrogens with one attached hydrogen (secondary N) is 1. The number of fused-ring (bicyclic) bond motifs is 1. The SMILES string of the molecule is Cc1cc(-n2cncn2)ccc1C(=O)N1CC[C@H]2CNC[C@H]21. The summed E-state index contributed by atoms with van der Waals surface area (Å²) in [4.78, 5) is 18.9. The fraction of sp³-hybridized carbons (Fsp3) is 0.438. The van der Waals surface area contributed by atoms with Gasteiger partial charge in [0.15, 0.2) is 0 Å². The number of hydrogen-bond acceptors (Lipinski definition) is 4. The van der Waals surface area contributed by atoms with Crippen molar-refractivity contribution in [3.05, 3.63) is 42.0 Å². The minimum Gasteiger partial charge on any atom is -0.334 e. The van der Waals surface area contributed by atoms with Crippen LogP contribution in [0.25, 0.3) is 5.69 Å². The van der Waals surface area contributed by atoms with Crippen LogP contribution in [0, 0.1) is 12.8 Å². The van der Waals surface area contributed by atoms with Gasteiger partial charge in [0, 0.05) is 31.2 Å². The predicted molar refractivity (Wildman–Crippen MR) is 81.9 cm³/mol. The number of nitrogens with zero attached hydrogens (tertiary/aromatic N) is 4. The molecule has 2 fully saturated rings. The molecule has 1 amide bonds. The van der Waals surface area contributed by atoms with Crippen molar-refractivity contribution in [1.82, 2.24) is 25.0 Å². The Hall–Kier alpha value is -2.21. The van der Waals surface area contributed by atoms with E-state index in [-0.39, 0.29) is 5.91 Å². The summed E-state index contributed by atoms with van der Waals surface area (Å²) in [5.41, 5.74) is 2.69. The number of carbonyl (C=O) groups is 1. The van der Waals surface area contributed by atoms with Gasteiger partial charge in [-0.2, -0.15) is 5.10 Å². The van der Waals surface area contributed by atoms with E-state index in [4.69, 9.17) is 0 Å². The van der Waals surface area contributed by atoms with Crippen LogP contribution in [0.2, 0.25) is 0 Å². The van der Waals surface area contributed by atoms with Crippen molar-refractivity contribution in [2.45, 2.75) is 19.4 Å². The second-order valence-corrected chi connectivity index (χ2v) is 6.11. The molecule has 3 heterocycles. The number of aryl methyl sites for hydroxylation is 1. The lowest BCUT2D eigenvalue weighted by molar-refractivity contribution is 0.0736. The van der Waals surface area contributed by atoms with E-state index in [0.29, 0.717) is 12.0 Å². The van der Waals surface area contributed by atoms with Crippen LogP contribution in [0.4, 0.5) is 0 Å². The van der Waals surface area contributed by atoms with Gasteiger partial charge in [-0.1, -0.05) is 0 Å². The van der Waals surface area contributed by atoms with Gasteiger partial charge >= 0.3 is 0 Å². The topological polar surface area (TPSA) is 63.1 Å². The van der Waals surface area contributed by atoms with Crippen LogP contribution >= 0.6 is 0 Å². The van der Waals surface area contributed by atoms with Crippen molar-refractivity contribution in [2.24, 2.45) is 5.92 Å². The standard InChI is InChI=1S/C16H19N5O/c1-11-6-13(21-10-18-9-19-21)2-3-14(11)16(22)20-5-4-12-7-17-8-15(12)20/h2-3,6,9-10,12,15,17H,4-5,7-8H2,1H3/t12-,15+/m0/s1. The average molecular weight is 297 g/mol. The van der Waals surface area contributed by atoms with Gasteiger partial charge in [-0.25, -0.2) is 9.67 Å². The third-order valence-corrected chi connectivity index (χ3v) is 4.83. The summed E-state index contributed by atoms with van der Waals surface area (Å²) in [5, 5.41) is 7.52. The molecule has 1 N–H and O–H groups in total. The second-order valence-electron chi connectivity index (χ2n) is 6.11. The maximum atomic E-state index is 12.9. The van der Waals surface area contributed by atoms with E-state index in [1.54, 1.807) is 11.0 Å². The summed E-state index contributed by atoms with van der Waals surface area (Å²) in [6.45, 7) is 4.82. The Kier molecular flexibility index (Phi) is 3.18. The van der Waals surface area contributed by atoms with Gasteiger partial charge in [0.25, 0.3) is 5.91 Å². The van der Waals surface area contributed by atoms with Gasteiger partial charge in [0.05, 0.1) is 5.69 Å². The van der Waals surface area contributed by atoms with E-state index in [1.165, 1.54) is 6.33 Å². The van der Waals surface area contributed by atoms with Crippen LogP contribution < -0.4 is 5.32 Å². The zero-order valence-electron chi connectivity index (χ0n) is 12.6. The monoisotopic (exact) mass is 297 g/mol. The molecule has 2 aromatic rings. The van der Waals surface area contributed by atoms with Crippen LogP contribution in [0.3, 0.4) is 0 Å². The van der Waals surface area contributed by atoms with Crippen molar-refractivity contribution in [3.8, 4) is 5.69 Å². The molecule has 2 aliphatic heterocycles. The Bertz CT molecular complexity index is 697. The number of carbonyl (C=O) groups excluding carboxylic acids is 1. The number of aromatic nitrogens is 3. The molecule has 6 nitrogen and oxygen atoms in total. The van der Waals surface area contributed by atoms with Gasteiger partial charge in [0.1, 0.15) is 12.7 Å². The smallest absolute Gasteiger partial charge is 0.254 e. The minimum absolute atomic E-state index is 0.152. The Morgan fingerprint density at radius 3 is 3.05 bits per heavy atom. The minimum atomic E-state index is 0.152. The summed E-state index contributed by atoms with van der Waals surface area (Å²) < 4.78 is 1.70. The lowest BCUT2D eigenvalue weighted by Crippen LogP contribution is -2.39. The van der Waals surface area contributed by atoms with Gasteiger partial charge in [-0.15, -0.1) is 0 Å². The molecule has 2 saturated heterocycles. The van der Waals surface area contributed by atoms with Gasteiger partial charge < -0.3 is 10.2 Å². The molecule has 4 rings (SSSR count). The number of hydrogen-bond donors (Lipinski definition) is 1. The van der Waals surface area contributed by atoms with E-state index in [0.717, 1.165) is 42.9 Å². The highest BCUT2D eigenvalue weighted by Gasteiger charge is 2.40. The number of amides is 1. The van der Waals surface area contributed by atoms with Crippen LogP contribution in [0.5, 0.6) is 0 Å². The summed E-state index contributed by atoms with van der Waals surface area (Å²) in [6, 6.07) is 6.18. The highest BCUT2D eigenvalue weighted by atomic mass is 16.2. The Balaban J connectivity index is 1.61. The Labute approximate surface area is 129 Å². The fourth-order valence-electron chi connectivity index (χ4n) is 3.63. The summed E-state index contributed by atoms with van der Waals surface area (Å²) in [5.74, 6) is 0.775. The van der Waals surface area contributed by atoms with Crippen LogP contribution in [0.1, 0.15) is 22.3 Å².